The molecule has 0 bridgehead atoms. The van der Waals surface area contributed by atoms with E-state index in [1.807, 2.05) is 0 Å². The normalized spacial score (nSPS) is 13.4. The Hall–Kier alpha value is -1.08. The highest BCUT2D eigenvalue weighted by molar-refractivity contribution is 5.18. The van der Waals surface area contributed by atoms with Crippen molar-refractivity contribution in [1.29, 1.82) is 0 Å². The van der Waals surface area contributed by atoms with Crippen LogP contribution in [-0.2, 0) is 0 Å². The topological polar surface area (TPSA) is 12.0 Å². The molecule has 0 aromatic heterocycles. The molecule has 17 heavy (non-hydrogen) atoms. The summed E-state index contributed by atoms with van der Waals surface area (Å²) in [6.07, 6.45) is 6.63. The molecule has 0 aliphatic rings. The monoisotopic (exact) mass is 231 g/mol. The first kappa shape index (κ1) is 14.0. The van der Waals surface area contributed by atoms with Gasteiger partial charge in [-0.05, 0) is 37.8 Å². The first-order valence-corrected chi connectivity index (χ1v) is 6.63. The third-order valence-corrected chi connectivity index (χ3v) is 2.85. The second-order valence-electron chi connectivity index (χ2n) is 4.90. The van der Waals surface area contributed by atoms with Crippen LogP contribution in [0.3, 0.4) is 0 Å². The van der Waals surface area contributed by atoms with Crippen molar-refractivity contribution < 1.29 is 0 Å². The lowest BCUT2D eigenvalue weighted by Gasteiger charge is -2.21. The first-order chi connectivity index (χ1) is 8.24. The van der Waals surface area contributed by atoms with Crippen molar-refractivity contribution >= 4 is 0 Å². The Bertz CT molecular complexity index is 314. The highest BCUT2D eigenvalue weighted by atomic mass is 14.9. The maximum atomic E-state index is 3.65. The average molecular weight is 231 g/mol. The van der Waals surface area contributed by atoms with E-state index in [4.69, 9.17) is 0 Å². The zero-order valence-electron chi connectivity index (χ0n) is 11.3. The summed E-state index contributed by atoms with van der Waals surface area (Å²) in [5.74, 6) is 0.717. The summed E-state index contributed by atoms with van der Waals surface area (Å²) in [6, 6.07) is 11.2. The van der Waals surface area contributed by atoms with Gasteiger partial charge in [0, 0.05) is 6.04 Å². The summed E-state index contributed by atoms with van der Waals surface area (Å²) < 4.78 is 0. The van der Waals surface area contributed by atoms with E-state index < -0.39 is 0 Å². The van der Waals surface area contributed by atoms with Crippen molar-refractivity contribution in [3.63, 3.8) is 0 Å². The lowest BCUT2D eigenvalue weighted by atomic mass is 9.97. The quantitative estimate of drug-likeness (QED) is 0.544. The number of allylic oxidation sites excluding steroid dienone is 1. The van der Waals surface area contributed by atoms with Gasteiger partial charge < -0.3 is 5.32 Å². The lowest BCUT2D eigenvalue weighted by molar-refractivity contribution is 0.433. The maximum absolute atomic E-state index is 3.65. The number of rotatable bonds is 7. The predicted octanol–water partition coefficient (Wildman–Crippen LogP) is 4.33. The molecule has 0 amide bonds. The van der Waals surface area contributed by atoms with E-state index >= 15 is 0 Å². The van der Waals surface area contributed by atoms with E-state index in [9.17, 15) is 0 Å². The van der Waals surface area contributed by atoms with E-state index in [-0.39, 0.29) is 0 Å². The van der Waals surface area contributed by atoms with Crippen molar-refractivity contribution in [3.05, 3.63) is 48.0 Å². The second-order valence-corrected chi connectivity index (χ2v) is 4.90. The van der Waals surface area contributed by atoms with E-state index in [0.717, 1.165) is 18.9 Å². The summed E-state index contributed by atoms with van der Waals surface area (Å²) in [5, 5.41) is 3.65. The number of hydrogen-bond donors (Lipinski definition) is 1. The predicted molar refractivity (Wildman–Crippen MR) is 76.1 cm³/mol. The van der Waals surface area contributed by atoms with Crippen molar-refractivity contribution in [1.82, 2.24) is 5.32 Å². The average Bonchev–Trinajstić information content (AvgIpc) is 2.34. The lowest BCUT2D eigenvalue weighted by Crippen LogP contribution is -2.23. The molecule has 0 saturated heterocycles. The Morgan fingerprint density at radius 1 is 1.18 bits per heavy atom. The van der Waals surface area contributed by atoms with Crippen LogP contribution in [-0.4, -0.2) is 6.54 Å². The van der Waals surface area contributed by atoms with Crippen LogP contribution in [0.4, 0.5) is 0 Å². The Balaban J connectivity index is 2.55. The minimum absolute atomic E-state index is 0.487. The maximum Gasteiger partial charge on any atom is 0.0322 e. The van der Waals surface area contributed by atoms with Gasteiger partial charge in [0.2, 0.25) is 0 Å². The second kappa shape index (κ2) is 8.08. The first-order valence-electron chi connectivity index (χ1n) is 6.63. The van der Waals surface area contributed by atoms with Gasteiger partial charge >= 0.3 is 0 Å². The van der Waals surface area contributed by atoms with Crippen molar-refractivity contribution in [2.24, 2.45) is 5.92 Å². The van der Waals surface area contributed by atoms with Crippen LogP contribution in [0.15, 0.2) is 42.5 Å². The molecule has 0 spiro atoms. The van der Waals surface area contributed by atoms with Gasteiger partial charge in [0.1, 0.15) is 0 Å². The van der Waals surface area contributed by atoms with Gasteiger partial charge in [-0.2, -0.15) is 0 Å². The fraction of sp³-hybridized carbons (Fsp3) is 0.500. The molecule has 1 nitrogen and oxygen atoms in total. The molecule has 1 atom stereocenters. The van der Waals surface area contributed by atoms with Crippen LogP contribution in [0.5, 0.6) is 0 Å². The van der Waals surface area contributed by atoms with E-state index in [2.05, 4.69) is 68.6 Å². The zero-order chi connectivity index (χ0) is 12.5. The van der Waals surface area contributed by atoms with Gasteiger partial charge in [-0.25, -0.2) is 0 Å². The molecule has 1 rings (SSSR count). The van der Waals surface area contributed by atoms with Crippen molar-refractivity contribution in [2.45, 2.75) is 39.7 Å². The highest BCUT2D eigenvalue weighted by Crippen LogP contribution is 2.20. The molecule has 1 aromatic rings. The minimum atomic E-state index is 0.487. The number of nitrogens with one attached hydrogen (secondary N) is 1. The fourth-order valence-corrected chi connectivity index (χ4v) is 2.00. The molecule has 0 radical (unpaired) electrons. The fourth-order valence-electron chi connectivity index (χ4n) is 2.00. The third-order valence-electron chi connectivity index (χ3n) is 2.85. The largest absolute Gasteiger partial charge is 0.310 e. The molecule has 0 heterocycles. The summed E-state index contributed by atoms with van der Waals surface area (Å²) >= 11 is 0. The van der Waals surface area contributed by atoms with Gasteiger partial charge in [-0.15, -0.1) is 0 Å². The molecule has 1 heteroatoms. The van der Waals surface area contributed by atoms with E-state index in [1.165, 1.54) is 12.0 Å². The molecule has 1 aromatic carbocycles. The van der Waals surface area contributed by atoms with Crippen LogP contribution in [0, 0.1) is 5.92 Å². The number of benzene rings is 1. The van der Waals surface area contributed by atoms with Gasteiger partial charge in [-0.1, -0.05) is 56.3 Å². The molecule has 0 aliphatic heterocycles. The van der Waals surface area contributed by atoms with Crippen molar-refractivity contribution in [3.8, 4) is 0 Å². The minimum Gasteiger partial charge on any atom is -0.310 e. The van der Waals surface area contributed by atoms with E-state index in [1.54, 1.807) is 0 Å². The van der Waals surface area contributed by atoms with Crippen LogP contribution in [0.2, 0.25) is 0 Å². The van der Waals surface area contributed by atoms with Crippen LogP contribution in [0.1, 0.15) is 45.2 Å². The summed E-state index contributed by atoms with van der Waals surface area (Å²) in [5.41, 5.74) is 1.40. The van der Waals surface area contributed by atoms with Crippen LogP contribution < -0.4 is 5.32 Å². The molecule has 0 aliphatic carbocycles. The Morgan fingerprint density at radius 2 is 1.88 bits per heavy atom. The smallest absolute Gasteiger partial charge is 0.0322 e. The molecule has 1 unspecified atom stereocenters. The van der Waals surface area contributed by atoms with Gasteiger partial charge in [-0.3, -0.25) is 0 Å². The van der Waals surface area contributed by atoms with Gasteiger partial charge in [0.05, 0.1) is 0 Å². The Morgan fingerprint density at radius 3 is 2.47 bits per heavy atom. The van der Waals surface area contributed by atoms with Crippen LogP contribution >= 0.6 is 0 Å². The summed E-state index contributed by atoms with van der Waals surface area (Å²) in [7, 11) is 0. The number of hydrogen-bond acceptors (Lipinski definition) is 1. The molecular formula is C16H25N. The van der Waals surface area contributed by atoms with Gasteiger partial charge in [0.15, 0.2) is 0 Å². The molecular weight excluding hydrogens is 206 g/mol. The summed E-state index contributed by atoms with van der Waals surface area (Å²) in [6.45, 7) is 7.69. The SMILES string of the molecule is C/C=C/CCNC(CC(C)C)c1ccccc1. The molecule has 94 valence electrons. The Labute approximate surface area is 106 Å². The van der Waals surface area contributed by atoms with Crippen LogP contribution in [0.25, 0.3) is 0 Å². The standard InChI is InChI=1S/C16H25N/c1-4-5-9-12-17-16(13-14(2)3)15-10-7-6-8-11-15/h4-8,10-11,14,16-17H,9,12-13H2,1-3H3/b5-4+. The Kier molecular flexibility index (Phi) is 6.64. The van der Waals surface area contributed by atoms with Crippen molar-refractivity contribution in [2.75, 3.05) is 6.54 Å². The highest BCUT2D eigenvalue weighted by Gasteiger charge is 2.11. The third kappa shape index (κ3) is 5.69. The molecule has 0 saturated carbocycles. The summed E-state index contributed by atoms with van der Waals surface area (Å²) in [4.78, 5) is 0. The molecule has 1 N–H and O–H groups in total. The van der Waals surface area contributed by atoms with E-state index in [0.29, 0.717) is 6.04 Å². The van der Waals surface area contributed by atoms with Gasteiger partial charge in [0.25, 0.3) is 0 Å². The zero-order valence-corrected chi connectivity index (χ0v) is 11.3. The molecule has 0 fully saturated rings.